The maximum atomic E-state index is 5.68. The molecule has 0 aromatic carbocycles. The van der Waals surface area contributed by atoms with Crippen LogP contribution in [0.1, 0.15) is 27.2 Å². The second kappa shape index (κ2) is 8.82. The Balaban J connectivity index is 0.00000264. The van der Waals surface area contributed by atoms with Crippen LogP contribution >= 0.6 is 24.0 Å². The number of halogens is 1. The zero-order chi connectivity index (χ0) is 16.2. The monoisotopic (exact) mass is 440 g/mol. The van der Waals surface area contributed by atoms with E-state index >= 15 is 0 Å². The number of guanidine groups is 1. The fraction of sp³-hybridized carbons (Fsp3) is 0.938. The zero-order valence-corrected chi connectivity index (χ0v) is 17.5. The average Bonchev–Trinajstić information content (AvgIpc) is 2.53. The average molecular weight is 440 g/mol. The standard InChI is InChI=1S/C16H32N4O2.HI/c1-15(2)13(12-16(15,3)21-5)19-14(17-4)18-6-7-20-8-10-22-11-9-20;/h13H,6-12H2,1-5H3,(H2,17,18,19);1H. The third kappa shape index (κ3) is 4.70. The first-order chi connectivity index (χ1) is 10.4. The molecule has 1 saturated carbocycles. The summed E-state index contributed by atoms with van der Waals surface area (Å²) in [6.07, 6.45) is 1.00. The molecule has 1 aliphatic carbocycles. The van der Waals surface area contributed by atoms with Crippen LogP contribution in [-0.2, 0) is 9.47 Å². The summed E-state index contributed by atoms with van der Waals surface area (Å²) < 4.78 is 11.0. The predicted molar refractivity (Wildman–Crippen MR) is 105 cm³/mol. The number of hydrogen-bond donors (Lipinski definition) is 2. The van der Waals surface area contributed by atoms with Gasteiger partial charge in [-0.2, -0.15) is 0 Å². The van der Waals surface area contributed by atoms with Crippen molar-refractivity contribution >= 4 is 29.9 Å². The van der Waals surface area contributed by atoms with Gasteiger partial charge in [-0.25, -0.2) is 0 Å². The van der Waals surface area contributed by atoms with E-state index < -0.39 is 0 Å². The van der Waals surface area contributed by atoms with Crippen LogP contribution in [-0.4, -0.2) is 76.1 Å². The van der Waals surface area contributed by atoms with Crippen molar-refractivity contribution in [1.82, 2.24) is 15.5 Å². The van der Waals surface area contributed by atoms with Crippen LogP contribution in [0.5, 0.6) is 0 Å². The third-order valence-corrected chi connectivity index (χ3v) is 5.64. The number of nitrogens with zero attached hydrogens (tertiary/aromatic N) is 2. The predicted octanol–water partition coefficient (Wildman–Crippen LogP) is 1.31. The van der Waals surface area contributed by atoms with Crippen molar-refractivity contribution in [3.63, 3.8) is 0 Å². The molecule has 1 heterocycles. The number of rotatable bonds is 5. The molecule has 0 amide bonds. The first-order valence-electron chi connectivity index (χ1n) is 8.25. The SMILES string of the molecule is CN=C(NCCN1CCOCC1)NC1CC(C)(OC)C1(C)C.I. The molecule has 0 aromatic rings. The van der Waals surface area contributed by atoms with E-state index in [9.17, 15) is 0 Å². The fourth-order valence-electron chi connectivity index (χ4n) is 3.24. The molecular formula is C16H33IN4O2. The Bertz CT molecular complexity index is 400. The Morgan fingerprint density at radius 1 is 1.30 bits per heavy atom. The zero-order valence-electron chi connectivity index (χ0n) is 15.1. The highest BCUT2D eigenvalue weighted by molar-refractivity contribution is 14.0. The lowest BCUT2D eigenvalue weighted by molar-refractivity contribution is -0.176. The van der Waals surface area contributed by atoms with Crippen LogP contribution in [0.2, 0.25) is 0 Å². The first kappa shape index (κ1) is 20.9. The van der Waals surface area contributed by atoms with E-state index in [4.69, 9.17) is 9.47 Å². The molecule has 1 aliphatic heterocycles. The van der Waals surface area contributed by atoms with E-state index in [1.807, 2.05) is 7.05 Å². The number of nitrogens with one attached hydrogen (secondary N) is 2. The highest BCUT2D eigenvalue weighted by atomic mass is 127. The maximum Gasteiger partial charge on any atom is 0.191 e. The lowest BCUT2D eigenvalue weighted by Crippen LogP contribution is -2.69. The lowest BCUT2D eigenvalue weighted by Gasteiger charge is -2.59. The lowest BCUT2D eigenvalue weighted by atomic mass is 9.56. The molecule has 0 spiro atoms. The van der Waals surface area contributed by atoms with Gasteiger partial charge < -0.3 is 20.1 Å². The van der Waals surface area contributed by atoms with Crippen LogP contribution in [0.3, 0.4) is 0 Å². The van der Waals surface area contributed by atoms with Crippen LogP contribution in [0.15, 0.2) is 4.99 Å². The highest BCUT2D eigenvalue weighted by Crippen LogP contribution is 2.51. The largest absolute Gasteiger partial charge is 0.379 e. The molecule has 2 fully saturated rings. The Morgan fingerprint density at radius 2 is 1.96 bits per heavy atom. The van der Waals surface area contributed by atoms with Crippen molar-refractivity contribution in [3.05, 3.63) is 0 Å². The number of methoxy groups -OCH3 is 1. The summed E-state index contributed by atoms with van der Waals surface area (Å²) in [5.41, 5.74) is 0.0287. The summed E-state index contributed by atoms with van der Waals surface area (Å²) in [6, 6.07) is 0.382. The van der Waals surface area contributed by atoms with Gasteiger partial charge in [0.05, 0.1) is 18.8 Å². The van der Waals surface area contributed by atoms with Crippen molar-refractivity contribution < 1.29 is 9.47 Å². The van der Waals surface area contributed by atoms with Crippen molar-refractivity contribution in [2.75, 3.05) is 53.6 Å². The van der Waals surface area contributed by atoms with E-state index in [2.05, 4.69) is 41.3 Å². The summed E-state index contributed by atoms with van der Waals surface area (Å²) in [5.74, 6) is 0.879. The van der Waals surface area contributed by atoms with Crippen molar-refractivity contribution in [1.29, 1.82) is 0 Å². The van der Waals surface area contributed by atoms with Crippen LogP contribution in [0.4, 0.5) is 0 Å². The normalized spacial score (nSPS) is 31.0. The Kier molecular flexibility index (Phi) is 8.03. The van der Waals surface area contributed by atoms with Gasteiger partial charge in [0.2, 0.25) is 0 Å². The minimum atomic E-state index is -0.0582. The number of aliphatic imine (C=N–C) groups is 1. The Hall–Kier alpha value is -0.120. The number of hydrogen-bond acceptors (Lipinski definition) is 4. The second-order valence-corrected chi connectivity index (χ2v) is 7.01. The van der Waals surface area contributed by atoms with E-state index in [1.54, 1.807) is 7.11 Å². The molecule has 0 radical (unpaired) electrons. The van der Waals surface area contributed by atoms with Gasteiger partial charge in [0, 0.05) is 51.8 Å². The first-order valence-corrected chi connectivity index (χ1v) is 8.25. The van der Waals surface area contributed by atoms with Gasteiger partial charge in [0.25, 0.3) is 0 Å². The molecule has 0 bridgehead atoms. The van der Waals surface area contributed by atoms with Crippen LogP contribution < -0.4 is 10.6 Å². The molecule has 6 nitrogen and oxygen atoms in total. The van der Waals surface area contributed by atoms with Crippen LogP contribution in [0.25, 0.3) is 0 Å². The van der Waals surface area contributed by atoms with Gasteiger partial charge in [-0.3, -0.25) is 9.89 Å². The molecule has 2 rings (SSSR count). The van der Waals surface area contributed by atoms with E-state index in [1.165, 1.54) is 0 Å². The Morgan fingerprint density at radius 3 is 2.48 bits per heavy atom. The molecule has 0 aromatic heterocycles. The molecule has 2 atom stereocenters. The fourth-order valence-corrected chi connectivity index (χ4v) is 3.24. The van der Waals surface area contributed by atoms with E-state index in [0.717, 1.165) is 51.8 Å². The smallest absolute Gasteiger partial charge is 0.191 e. The van der Waals surface area contributed by atoms with Crippen molar-refractivity contribution in [2.24, 2.45) is 10.4 Å². The number of morpholine rings is 1. The molecule has 2 aliphatic rings. The van der Waals surface area contributed by atoms with Gasteiger partial charge in [-0.05, 0) is 13.3 Å². The minimum Gasteiger partial charge on any atom is -0.379 e. The molecule has 1 saturated heterocycles. The molecular weight excluding hydrogens is 407 g/mol. The third-order valence-electron chi connectivity index (χ3n) is 5.64. The minimum absolute atomic E-state index is 0. The summed E-state index contributed by atoms with van der Waals surface area (Å²) in [4.78, 5) is 6.76. The second-order valence-electron chi connectivity index (χ2n) is 7.01. The quantitative estimate of drug-likeness (QED) is 0.384. The Labute approximate surface area is 157 Å². The van der Waals surface area contributed by atoms with Gasteiger partial charge in [-0.15, -0.1) is 24.0 Å². The van der Waals surface area contributed by atoms with Gasteiger partial charge in [0.1, 0.15) is 0 Å². The maximum absolute atomic E-state index is 5.68. The van der Waals surface area contributed by atoms with Crippen molar-refractivity contribution in [2.45, 2.75) is 38.8 Å². The number of ether oxygens (including phenoxy) is 2. The van der Waals surface area contributed by atoms with Crippen molar-refractivity contribution in [3.8, 4) is 0 Å². The molecule has 7 heteroatoms. The highest BCUT2D eigenvalue weighted by Gasteiger charge is 2.58. The summed E-state index contributed by atoms with van der Waals surface area (Å²) >= 11 is 0. The molecule has 2 N–H and O–H groups in total. The van der Waals surface area contributed by atoms with Crippen LogP contribution in [0, 0.1) is 5.41 Å². The molecule has 23 heavy (non-hydrogen) atoms. The summed E-state index contributed by atoms with van der Waals surface area (Å²) in [7, 11) is 3.62. The van der Waals surface area contributed by atoms with Gasteiger partial charge in [-0.1, -0.05) is 13.8 Å². The summed E-state index contributed by atoms with van der Waals surface area (Å²) in [6.45, 7) is 12.3. The van der Waals surface area contributed by atoms with Gasteiger partial charge >= 0.3 is 0 Å². The topological polar surface area (TPSA) is 58.1 Å². The molecule has 2 unspecified atom stereocenters. The van der Waals surface area contributed by atoms with E-state index in [0.29, 0.717) is 6.04 Å². The summed E-state index contributed by atoms with van der Waals surface area (Å²) in [5, 5.41) is 6.95. The van der Waals surface area contributed by atoms with E-state index in [-0.39, 0.29) is 35.0 Å². The van der Waals surface area contributed by atoms with Gasteiger partial charge in [0.15, 0.2) is 5.96 Å². The molecule has 136 valence electrons.